The molecule has 0 fully saturated rings. The Morgan fingerprint density at radius 3 is 2.59 bits per heavy atom. The zero-order valence-electron chi connectivity index (χ0n) is 20.6. The first kappa shape index (κ1) is 23.9. The minimum absolute atomic E-state index is 0.222. The summed E-state index contributed by atoms with van der Waals surface area (Å²) in [7, 11) is 0. The number of aryl methyl sites for hydroxylation is 2. The summed E-state index contributed by atoms with van der Waals surface area (Å²) in [6, 6.07) is 12.5. The zero-order valence-corrected chi connectivity index (χ0v) is 22.1. The van der Waals surface area contributed by atoms with Crippen LogP contribution in [-0.2, 0) is 25.8 Å². The second-order valence-corrected chi connectivity index (χ2v) is 10.1. The number of anilines is 1. The number of para-hydroxylation sites is 1. The Morgan fingerprint density at radius 1 is 1.08 bits per heavy atom. The lowest BCUT2D eigenvalue weighted by Gasteiger charge is -2.22. The lowest BCUT2D eigenvalue weighted by atomic mass is 9.97. The van der Waals surface area contributed by atoms with Crippen LogP contribution in [0.25, 0.3) is 27.8 Å². The first-order chi connectivity index (χ1) is 18.0. The highest BCUT2D eigenvalue weighted by Crippen LogP contribution is 2.40. The van der Waals surface area contributed by atoms with Gasteiger partial charge in [0.25, 0.3) is 0 Å². The molecule has 0 saturated carbocycles. The molecule has 9 heteroatoms. The number of fused-ring (bicyclic) bond motifs is 2. The molecule has 0 atom stereocenters. The van der Waals surface area contributed by atoms with Gasteiger partial charge in [-0.1, -0.05) is 66.3 Å². The van der Waals surface area contributed by atoms with Crippen LogP contribution in [0.15, 0.2) is 55.0 Å². The number of rotatable bonds is 5. The van der Waals surface area contributed by atoms with Crippen molar-refractivity contribution in [1.29, 1.82) is 0 Å². The summed E-state index contributed by atoms with van der Waals surface area (Å²) < 4.78 is 16.9. The minimum Gasteiger partial charge on any atom is -0.360 e. The van der Waals surface area contributed by atoms with Crippen molar-refractivity contribution in [1.82, 2.24) is 19.7 Å². The molecule has 6 nitrogen and oxygen atoms in total. The predicted molar refractivity (Wildman–Crippen MR) is 145 cm³/mol. The maximum absolute atomic E-state index is 14.8. The topological polar surface area (TPSA) is 53.6 Å². The zero-order chi connectivity index (χ0) is 25.7. The molecule has 6 rings (SSSR count). The van der Waals surface area contributed by atoms with Crippen LogP contribution >= 0.6 is 23.2 Å². The molecular formula is C28H26Cl2FN6+. The van der Waals surface area contributed by atoms with Crippen molar-refractivity contribution in [2.45, 2.75) is 39.7 Å². The Bertz CT molecular complexity index is 1620. The molecule has 2 aromatic carbocycles. The van der Waals surface area contributed by atoms with E-state index in [9.17, 15) is 4.48 Å². The van der Waals surface area contributed by atoms with E-state index in [0.717, 1.165) is 51.9 Å². The van der Waals surface area contributed by atoms with Gasteiger partial charge in [-0.3, -0.25) is 4.90 Å². The molecule has 0 aliphatic carbocycles. The number of hydrogen-bond acceptors (Lipinski definition) is 3. The maximum Gasteiger partial charge on any atom is 0.427 e. The number of hydrogen-bond donors (Lipinski definition) is 1. The van der Waals surface area contributed by atoms with E-state index in [1.54, 1.807) is 0 Å². The van der Waals surface area contributed by atoms with Gasteiger partial charge in [0.05, 0.1) is 40.7 Å². The van der Waals surface area contributed by atoms with Gasteiger partial charge in [-0.05, 0) is 45.4 Å². The third-order valence-electron chi connectivity index (χ3n) is 7.15. The van der Waals surface area contributed by atoms with E-state index in [-0.39, 0.29) is 11.0 Å². The number of H-pyrrole nitrogens is 1. The monoisotopic (exact) mass is 535 g/mol. The first-order valence-corrected chi connectivity index (χ1v) is 13.2. The molecule has 0 unspecified atom stereocenters. The fourth-order valence-corrected chi connectivity index (χ4v) is 5.74. The van der Waals surface area contributed by atoms with Crippen LogP contribution in [-0.4, -0.2) is 26.3 Å². The Kier molecular flexibility index (Phi) is 6.13. The van der Waals surface area contributed by atoms with Crippen LogP contribution in [0.5, 0.6) is 0 Å². The second-order valence-electron chi connectivity index (χ2n) is 9.23. The Labute approximate surface area is 224 Å². The highest BCUT2D eigenvalue weighted by molar-refractivity contribution is 6.35. The third-order valence-corrected chi connectivity index (χ3v) is 7.66. The highest BCUT2D eigenvalue weighted by Gasteiger charge is 2.33. The molecule has 3 aromatic heterocycles. The van der Waals surface area contributed by atoms with E-state index >= 15 is 0 Å². The van der Waals surface area contributed by atoms with Crippen LogP contribution in [0.4, 0.5) is 10.4 Å². The van der Waals surface area contributed by atoms with Crippen molar-refractivity contribution in [3.63, 3.8) is 0 Å². The lowest BCUT2D eigenvalue weighted by Crippen LogP contribution is -2.40. The van der Waals surface area contributed by atoms with Crippen molar-refractivity contribution >= 4 is 40.1 Å². The quantitative estimate of drug-likeness (QED) is 0.282. The number of nitrogens with one attached hydrogen (secondary N) is 1. The molecule has 0 amide bonds. The van der Waals surface area contributed by atoms with Crippen molar-refractivity contribution in [3.05, 3.63) is 87.4 Å². The van der Waals surface area contributed by atoms with E-state index in [1.807, 2.05) is 23.2 Å². The van der Waals surface area contributed by atoms with Crippen LogP contribution in [0.3, 0.4) is 0 Å². The number of benzene rings is 2. The number of aromatic amines is 1. The van der Waals surface area contributed by atoms with Gasteiger partial charge >= 0.3 is 5.95 Å². The van der Waals surface area contributed by atoms with Crippen LogP contribution in [0, 0.1) is 0 Å². The average molecular weight is 536 g/mol. The number of halogens is 3. The molecule has 1 N–H and O–H groups in total. The third kappa shape index (κ3) is 3.97. The fraction of sp³-hybridized carbons (Fsp3) is 0.250. The van der Waals surface area contributed by atoms with Gasteiger partial charge in [-0.2, -0.15) is 5.10 Å². The van der Waals surface area contributed by atoms with Gasteiger partial charge in [0, 0.05) is 29.1 Å². The summed E-state index contributed by atoms with van der Waals surface area (Å²) >= 11 is 12.5. The summed E-state index contributed by atoms with van der Waals surface area (Å²) in [6.45, 7) is 5.40. The van der Waals surface area contributed by atoms with Crippen LogP contribution in [0.1, 0.15) is 36.2 Å². The molecular weight excluding hydrogens is 510 g/mol. The molecule has 0 saturated heterocycles. The molecule has 5 aromatic rings. The highest BCUT2D eigenvalue weighted by atomic mass is 35.5. The van der Waals surface area contributed by atoms with Crippen molar-refractivity contribution < 1.29 is 9.27 Å². The normalized spacial score (nSPS) is 13.4. The molecule has 1 aliphatic heterocycles. The Balaban J connectivity index is 1.61. The first-order valence-electron chi connectivity index (χ1n) is 12.5. The fourth-order valence-electron chi connectivity index (χ4n) is 5.39. The van der Waals surface area contributed by atoms with Gasteiger partial charge in [0.15, 0.2) is 0 Å². The van der Waals surface area contributed by atoms with Gasteiger partial charge in [-0.25, -0.2) is 4.68 Å². The van der Waals surface area contributed by atoms with E-state index in [0.29, 0.717) is 29.3 Å². The molecule has 37 heavy (non-hydrogen) atoms. The van der Waals surface area contributed by atoms with Gasteiger partial charge in [0.2, 0.25) is 0 Å². The summed E-state index contributed by atoms with van der Waals surface area (Å²) in [6.07, 6.45) is 7.05. The summed E-state index contributed by atoms with van der Waals surface area (Å²) in [4.78, 5) is 9.98. The average Bonchev–Trinajstić information content (AvgIpc) is 3.54. The standard InChI is InChI=1S/C28H26Cl2FN6/c1-3-17-6-5-7-18(4-2)26(17)37-27(21-8-9-23(30)25-20(21)10-12-32-25)22-16-35(13-11-24(22)34-37)28-33-14-19(29)15-36(28)31/h5-10,12,14-15,32H,3-4,11,13,16H2,1-2H3/q+1. The van der Waals surface area contributed by atoms with Gasteiger partial charge < -0.3 is 4.98 Å². The molecule has 1 aliphatic rings. The van der Waals surface area contributed by atoms with Crippen molar-refractivity contribution in [2.75, 3.05) is 11.4 Å². The van der Waals surface area contributed by atoms with E-state index in [2.05, 4.69) is 52.8 Å². The van der Waals surface area contributed by atoms with Gasteiger partial charge in [0.1, 0.15) is 17.4 Å². The molecule has 188 valence electrons. The van der Waals surface area contributed by atoms with E-state index < -0.39 is 0 Å². The van der Waals surface area contributed by atoms with E-state index in [4.69, 9.17) is 28.3 Å². The summed E-state index contributed by atoms with van der Waals surface area (Å²) in [5.74, 6) is 0.222. The largest absolute Gasteiger partial charge is 0.427 e. The van der Waals surface area contributed by atoms with Crippen LogP contribution in [0.2, 0.25) is 10.0 Å². The molecule has 0 spiro atoms. The summed E-state index contributed by atoms with van der Waals surface area (Å²) in [5, 5.41) is 7.13. The second kappa shape index (κ2) is 9.47. The Morgan fingerprint density at radius 2 is 1.86 bits per heavy atom. The van der Waals surface area contributed by atoms with Crippen molar-refractivity contribution in [3.8, 4) is 16.9 Å². The number of nitrogens with zero attached hydrogens (tertiary/aromatic N) is 5. The maximum atomic E-state index is 14.8. The van der Waals surface area contributed by atoms with Crippen molar-refractivity contribution in [2.24, 2.45) is 0 Å². The lowest BCUT2D eigenvalue weighted by molar-refractivity contribution is -0.834. The smallest absolute Gasteiger partial charge is 0.360 e. The SMILES string of the molecule is CCc1cccc(CC)c1-n1nc2c(c1-c1ccc(Cl)c3[nH]ccc13)CN(c1ncc(Cl)c[n+]1F)CC2. The van der Waals surface area contributed by atoms with E-state index in [1.165, 1.54) is 23.5 Å². The molecule has 0 radical (unpaired) electrons. The number of aromatic nitrogens is 5. The van der Waals surface area contributed by atoms with Gasteiger partial charge in [-0.15, -0.1) is 0 Å². The molecule has 4 heterocycles. The predicted octanol–water partition coefficient (Wildman–Crippen LogP) is 6.43. The van der Waals surface area contributed by atoms with Crippen LogP contribution < -0.4 is 9.69 Å². The Hall–Kier alpha value is -3.42. The summed E-state index contributed by atoms with van der Waals surface area (Å²) in [5.41, 5.74) is 8.56. The minimum atomic E-state index is 0.222. The molecule has 0 bridgehead atoms.